The lowest BCUT2D eigenvalue weighted by atomic mass is 9.82. The molecule has 37 nitrogen and oxygen atoms in total. The third kappa shape index (κ3) is 31.7. The largest absolute Gasteiger partial charge is 0.481 e. The van der Waals surface area contributed by atoms with Crippen molar-refractivity contribution in [3.05, 3.63) is 35.4 Å². The Morgan fingerprint density at radius 3 is 1.66 bits per heavy atom. The fraction of sp³-hybridized carbons (Fsp3) is 0.731. The third-order valence-electron chi connectivity index (χ3n) is 21.6. The van der Waals surface area contributed by atoms with Gasteiger partial charge in [-0.05, 0) is 152 Å². The molecule has 4 unspecified atom stereocenters. The fourth-order valence-electron chi connectivity index (χ4n) is 15.0. The fourth-order valence-corrected chi connectivity index (χ4v) is 17.1. The second-order valence-electron chi connectivity index (χ2n) is 32.6. The first-order valence-corrected chi connectivity index (χ1v) is 43.3. The molecule has 4 aliphatic heterocycles. The van der Waals surface area contributed by atoms with Crippen LogP contribution in [0.5, 0.6) is 0 Å². The van der Waals surface area contributed by atoms with E-state index < -0.39 is 210 Å². The van der Waals surface area contributed by atoms with Crippen molar-refractivity contribution in [2.24, 2.45) is 28.9 Å². The van der Waals surface area contributed by atoms with Crippen molar-refractivity contribution in [2.45, 2.75) is 299 Å². The topological polar surface area (TPSA) is 567 Å². The van der Waals surface area contributed by atoms with Crippen molar-refractivity contribution in [1.29, 1.82) is 0 Å². The van der Waals surface area contributed by atoms with Gasteiger partial charge in [0.15, 0.2) is 0 Å². The van der Waals surface area contributed by atoms with Crippen LogP contribution in [0.2, 0.25) is 0 Å². The maximum atomic E-state index is 15.3. The molecule has 3 saturated heterocycles. The Morgan fingerprint density at radius 1 is 0.581 bits per heavy atom. The van der Waals surface area contributed by atoms with Crippen molar-refractivity contribution >= 4 is 112 Å². The van der Waals surface area contributed by atoms with Gasteiger partial charge in [-0.2, -0.15) is 23.5 Å². The number of carboxylic acids is 1. The summed E-state index contributed by atoms with van der Waals surface area (Å²) in [6, 6.07) is -12.2. The Balaban J connectivity index is 1.40. The van der Waals surface area contributed by atoms with Crippen molar-refractivity contribution in [2.75, 3.05) is 37.8 Å². The summed E-state index contributed by atoms with van der Waals surface area (Å²) in [6.07, 6.45) is -0.994. The van der Waals surface area contributed by atoms with Gasteiger partial charge in [-0.25, -0.2) is 0 Å². The molecule has 1 aliphatic carbocycles. The number of fused-ring (bicyclic) bond motifs is 3. The van der Waals surface area contributed by atoms with Crippen LogP contribution in [0, 0.1) is 23.2 Å². The van der Waals surface area contributed by atoms with E-state index >= 15 is 24.0 Å². The molecule has 1 aromatic carbocycles. The van der Waals surface area contributed by atoms with Crippen LogP contribution < -0.4 is 96.1 Å². The molecule has 0 radical (unpaired) electrons. The minimum Gasteiger partial charge on any atom is -0.481 e. The van der Waals surface area contributed by atoms with Crippen LogP contribution in [0.1, 0.15) is 190 Å². The van der Waals surface area contributed by atoms with Gasteiger partial charge in [0.1, 0.15) is 78.5 Å². The van der Waals surface area contributed by atoms with E-state index in [0.29, 0.717) is 58.4 Å². The van der Waals surface area contributed by atoms with Gasteiger partial charge in [0.05, 0.1) is 24.5 Å². The van der Waals surface area contributed by atoms with Gasteiger partial charge in [-0.3, -0.25) is 71.9 Å². The molecule has 656 valence electrons. The van der Waals surface area contributed by atoms with Gasteiger partial charge in [-0.15, -0.1) is 0 Å². The van der Waals surface area contributed by atoms with Crippen molar-refractivity contribution in [3.63, 3.8) is 0 Å². The monoisotopic (exact) mass is 1680 g/mol. The SMILES string of the molecule is CCC[C@H](NC(C)=O)C(=O)N[C@H]1CSCc2cccc(c2)CSC[C@@H](C(N)=O)NC(=O)[C@H]([C@@H](C)O)NC(=O)[C@H](CCC)NC(=O)[C@H](C)NC(=O)[C@H](CCC(=O)O)NC(=O)[C@H](CCC)NC(=O)[C@H](CC2CNC3NCCCC23)NC(=O)[C@H]([C@@H](C)O)NC(=O)[C@H](CC2CNCN2)NC(=O)[C@H](CC2CCC(O)CC2)NC(=O)[C@H](C(C)(C)C)NC1=O. The molecule has 4 heterocycles. The van der Waals surface area contributed by atoms with Crippen LogP contribution in [0.25, 0.3) is 0 Å². The number of thioether (sulfide) groups is 2. The molecule has 1 saturated carbocycles. The molecular weight excluding hydrogens is 1560 g/mol. The average Bonchev–Trinajstić information content (AvgIpc) is 1.65. The zero-order valence-corrected chi connectivity index (χ0v) is 70.6. The lowest BCUT2D eigenvalue weighted by molar-refractivity contribution is -0.139. The number of nitrogens with two attached hydrogens (primary N) is 1. The van der Waals surface area contributed by atoms with Gasteiger partial charge >= 0.3 is 5.97 Å². The van der Waals surface area contributed by atoms with Crippen molar-refractivity contribution in [3.8, 4) is 0 Å². The predicted molar refractivity (Wildman–Crippen MR) is 436 cm³/mol. The lowest BCUT2D eigenvalue weighted by Crippen LogP contribution is -2.63. The Labute approximate surface area is 692 Å². The molecule has 14 amide bonds. The van der Waals surface area contributed by atoms with Gasteiger partial charge in [0.2, 0.25) is 82.7 Å². The first-order valence-electron chi connectivity index (χ1n) is 41.0. The number of nitrogens with one attached hydrogen (secondary N) is 17. The molecule has 117 heavy (non-hydrogen) atoms. The molecule has 19 atom stereocenters. The van der Waals surface area contributed by atoms with Crippen LogP contribution >= 0.6 is 23.5 Å². The van der Waals surface area contributed by atoms with Crippen LogP contribution in [-0.2, 0) is 83.4 Å². The van der Waals surface area contributed by atoms with E-state index in [-0.39, 0.29) is 98.3 Å². The number of aliphatic hydroxyl groups excluding tert-OH is 3. The number of aliphatic carboxylic acids is 1. The molecule has 1 aromatic rings. The number of rotatable bonds is 21. The first kappa shape index (κ1) is 97.5. The molecule has 5 aliphatic rings. The normalized spacial score (nSPS) is 30.5. The number of hydrogen-bond acceptors (Lipinski definition) is 24. The van der Waals surface area contributed by atoms with Crippen molar-refractivity contribution < 1.29 is 92.3 Å². The van der Waals surface area contributed by atoms with E-state index in [4.69, 9.17) is 5.73 Å². The minimum atomic E-state index is -1.82. The van der Waals surface area contributed by atoms with E-state index in [1.54, 1.807) is 40.7 Å². The maximum Gasteiger partial charge on any atom is 0.303 e. The summed E-state index contributed by atoms with van der Waals surface area (Å²) in [7, 11) is 0. The highest BCUT2D eigenvalue weighted by Crippen LogP contribution is 2.33. The molecular formula is C78H128N18O19S2. The number of aliphatic hydroxyl groups is 3. The number of primary amides is 1. The van der Waals surface area contributed by atoms with Crippen LogP contribution in [-0.4, -0.2) is 256 Å². The number of carbonyl (C=O) groups is 15. The number of carboxylic acid groups (broad SMARTS) is 1. The summed E-state index contributed by atoms with van der Waals surface area (Å²) in [4.78, 5) is 213. The van der Waals surface area contributed by atoms with Gasteiger partial charge < -0.3 is 117 Å². The minimum absolute atomic E-state index is 0.000184. The van der Waals surface area contributed by atoms with E-state index in [9.17, 15) is 68.4 Å². The molecule has 0 spiro atoms. The summed E-state index contributed by atoms with van der Waals surface area (Å²) in [6.45, 7) is 17.0. The average molecular weight is 1690 g/mol. The lowest BCUT2D eigenvalue weighted by Gasteiger charge is -2.35. The molecule has 6 rings (SSSR count). The summed E-state index contributed by atoms with van der Waals surface area (Å²) in [5, 5.41) is 90.7. The quantitative estimate of drug-likeness (QED) is 0.0578. The van der Waals surface area contributed by atoms with Crippen LogP contribution in [0.3, 0.4) is 0 Å². The summed E-state index contributed by atoms with van der Waals surface area (Å²) in [5.74, 6) is -13.9. The smallest absolute Gasteiger partial charge is 0.303 e. The molecule has 23 N–H and O–H groups in total. The van der Waals surface area contributed by atoms with Gasteiger partial charge in [0.25, 0.3) is 0 Å². The molecule has 39 heteroatoms. The summed E-state index contributed by atoms with van der Waals surface area (Å²) in [5.41, 5.74) is 6.21. The predicted octanol–water partition coefficient (Wildman–Crippen LogP) is -3.15. The first-order chi connectivity index (χ1) is 55.4. The Morgan fingerprint density at radius 2 is 1.10 bits per heavy atom. The van der Waals surface area contributed by atoms with Crippen LogP contribution in [0.15, 0.2) is 24.3 Å². The highest BCUT2D eigenvalue weighted by atomic mass is 32.2. The van der Waals surface area contributed by atoms with Gasteiger partial charge in [-0.1, -0.05) is 85.1 Å². The van der Waals surface area contributed by atoms with E-state index in [0.717, 1.165) is 24.0 Å². The third-order valence-corrected chi connectivity index (χ3v) is 23.8. The van der Waals surface area contributed by atoms with Crippen LogP contribution in [0.4, 0.5) is 0 Å². The number of amides is 14. The van der Waals surface area contributed by atoms with Crippen molar-refractivity contribution in [1.82, 2.24) is 90.4 Å². The number of carbonyl (C=O) groups excluding carboxylic acids is 14. The second-order valence-corrected chi connectivity index (χ2v) is 34.7. The number of piperidine rings is 1. The zero-order valence-electron chi connectivity index (χ0n) is 68.9. The Hall–Kier alpha value is -8.31. The van der Waals surface area contributed by atoms with Gasteiger partial charge in [0, 0.05) is 55.6 Å². The highest BCUT2D eigenvalue weighted by molar-refractivity contribution is 7.98. The summed E-state index contributed by atoms with van der Waals surface area (Å²) < 4.78 is 0. The Bertz CT molecular complexity index is 3560. The summed E-state index contributed by atoms with van der Waals surface area (Å²) >= 11 is 2.47. The number of benzene rings is 1. The zero-order chi connectivity index (χ0) is 86.4. The van der Waals surface area contributed by atoms with E-state index in [2.05, 4.69) is 90.4 Å². The number of hydrogen-bond donors (Lipinski definition) is 22. The maximum absolute atomic E-state index is 15.3. The molecule has 4 fully saturated rings. The standard InChI is InChI=1S/C78H128N18O19S2/c1-11-16-51(85-43(7)99)68(106)93-59-38-117-36-46-20-14-19-45(29-46)35-116-37-58(64(79)103)92-76(114)62(42(6)98)94-70(108)53(18-13-3)86-66(104)40(4)84-67(105)54(26-27-60(101)102)88-69(107)52(17-12-2)87-72(110)56(31-47-33-82-65-50(47)21-15-28-81-65)90-75(113)61(41(5)97)95-73(111)57(32-48-34-80-39-83-48)89-71(109)55(30-44-22-24-49(100)25-23-44)91-77(115)63(78(8,9)10)96-74(59)112/h14,19-20,29,40-42,44,47-59,61-63,65,80-83,97-98,100H,11-13,15-18,21-28,30-39H2,1-10H3,(H2,79,103)(H,84,105)(H,85,99)(H,86,104)(H,87,110)(H,88,107)(H,89,109)(H,90,113)(H,91,115)(H,92,114)(H,93,106)(H,94,108)(H,95,111)(H,96,112)(H,101,102)/t40-,41+,42+,44?,47?,48?,49?,50?,51-,52-,53-,54-,55-,56-,57-,58-,59-,61-,62-,63+,65?/m0/s1. The molecule has 0 aromatic heterocycles. The van der Waals surface area contributed by atoms with E-state index in [1.807, 2.05) is 25.1 Å². The molecule has 2 bridgehead atoms. The second kappa shape index (κ2) is 48.1. The Kier molecular flexibility index (Phi) is 40.1. The van der Waals surface area contributed by atoms with E-state index in [1.165, 1.54) is 51.2 Å². The highest BCUT2D eigenvalue weighted by Gasteiger charge is 2.44.